The number of hydrogen-bond acceptors (Lipinski definition) is 8. The summed E-state index contributed by atoms with van der Waals surface area (Å²) in [6, 6.07) is 12.6. The second kappa shape index (κ2) is 13.3. The number of benzene rings is 2. The van der Waals surface area contributed by atoms with Gasteiger partial charge < -0.3 is 24.8 Å². The summed E-state index contributed by atoms with van der Waals surface area (Å²) in [6.45, 7) is 3.77. The van der Waals surface area contributed by atoms with Crippen molar-refractivity contribution < 1.29 is 42.8 Å². The van der Waals surface area contributed by atoms with Gasteiger partial charge in [0.1, 0.15) is 5.75 Å². The van der Waals surface area contributed by atoms with Crippen LogP contribution in [-0.2, 0) is 30.8 Å². The van der Waals surface area contributed by atoms with Gasteiger partial charge >= 0.3 is 6.09 Å². The van der Waals surface area contributed by atoms with E-state index >= 15 is 0 Å². The maximum Gasteiger partial charge on any atom is 0.407 e. The van der Waals surface area contributed by atoms with E-state index in [2.05, 4.69) is 0 Å². The van der Waals surface area contributed by atoms with E-state index in [-0.39, 0.29) is 29.6 Å². The Hall–Kier alpha value is -2.74. The van der Waals surface area contributed by atoms with E-state index in [4.69, 9.17) is 14.3 Å². The molecule has 2 aromatic carbocycles. The quantitative estimate of drug-likeness (QED) is 0.305. The summed E-state index contributed by atoms with van der Waals surface area (Å²) in [7, 11) is -4.28. The number of phenols is 1. The van der Waals surface area contributed by atoms with Crippen molar-refractivity contribution in [2.75, 3.05) is 19.8 Å². The number of sulfonamides is 1. The molecule has 40 heavy (non-hydrogen) atoms. The van der Waals surface area contributed by atoms with Crippen LogP contribution in [0.15, 0.2) is 59.5 Å². The summed E-state index contributed by atoms with van der Waals surface area (Å²) < 4.78 is 39.4. The number of fused-ring (bicyclic) bond motifs is 1. The molecule has 0 aromatic heterocycles. The third-order valence-corrected chi connectivity index (χ3v) is 9.23. The predicted octanol–water partition coefficient (Wildman–Crippen LogP) is 3.22. The molecule has 2 saturated heterocycles. The van der Waals surface area contributed by atoms with E-state index in [0.717, 1.165) is 10.0 Å². The van der Waals surface area contributed by atoms with Gasteiger partial charge in [-0.1, -0.05) is 48.6 Å². The predicted molar refractivity (Wildman–Crippen MR) is 145 cm³/mol. The average Bonchev–Trinajstić information content (AvgIpc) is 3.56. The van der Waals surface area contributed by atoms with Gasteiger partial charge in [0.05, 0.1) is 48.9 Å². The van der Waals surface area contributed by atoms with Gasteiger partial charge in [0.25, 0.3) is 10.0 Å². The van der Waals surface area contributed by atoms with Crippen molar-refractivity contribution in [1.82, 2.24) is 9.37 Å². The minimum atomic E-state index is -4.28. The lowest BCUT2D eigenvalue weighted by Gasteiger charge is -2.39. The van der Waals surface area contributed by atoms with Gasteiger partial charge in [-0.2, -0.15) is 0 Å². The third-order valence-electron chi connectivity index (χ3n) is 7.59. The zero-order valence-corrected chi connectivity index (χ0v) is 23.5. The molecule has 2 aliphatic heterocycles. The average molecular weight is 579 g/mol. The van der Waals surface area contributed by atoms with Crippen LogP contribution in [0.5, 0.6) is 5.75 Å². The normalized spacial score (nSPS) is 22.4. The van der Waals surface area contributed by atoms with Crippen LogP contribution >= 0.6 is 0 Å². The van der Waals surface area contributed by atoms with Crippen LogP contribution in [0.2, 0.25) is 0 Å². The molecular formula is C28H38N2O9S. The summed E-state index contributed by atoms with van der Waals surface area (Å²) in [6.07, 6.45) is -1.87. The number of carboxylic acid groups (broad SMARTS) is 1. The van der Waals surface area contributed by atoms with Crippen LogP contribution in [0.25, 0.3) is 0 Å². The fraction of sp³-hybridized carbons (Fsp3) is 0.536. The van der Waals surface area contributed by atoms with Crippen LogP contribution < -0.4 is 0 Å². The lowest BCUT2D eigenvalue weighted by molar-refractivity contribution is -0.153. The van der Waals surface area contributed by atoms with Crippen molar-refractivity contribution in [3.8, 4) is 5.75 Å². The van der Waals surface area contributed by atoms with E-state index in [1.54, 1.807) is 0 Å². The number of hydrogen-bond donors (Lipinski definition) is 3. The van der Waals surface area contributed by atoms with Crippen LogP contribution in [-0.4, -0.2) is 89.5 Å². The number of hydroxylamine groups is 1. The highest BCUT2D eigenvalue weighted by Gasteiger charge is 2.49. The lowest BCUT2D eigenvalue weighted by Crippen LogP contribution is -2.57. The minimum absolute atomic E-state index is 0.0977. The molecule has 2 fully saturated rings. The van der Waals surface area contributed by atoms with Gasteiger partial charge in [-0.05, 0) is 55.5 Å². The Balaban J connectivity index is 1.69. The first-order chi connectivity index (χ1) is 19.1. The van der Waals surface area contributed by atoms with Gasteiger partial charge in [-0.3, -0.25) is 9.74 Å². The zero-order chi connectivity index (χ0) is 28.9. The maximum atomic E-state index is 13.7. The van der Waals surface area contributed by atoms with Crippen molar-refractivity contribution >= 4 is 16.1 Å². The van der Waals surface area contributed by atoms with Gasteiger partial charge in [-0.25, -0.2) is 13.2 Å². The Morgan fingerprint density at radius 3 is 2.38 bits per heavy atom. The molecule has 2 aliphatic rings. The van der Waals surface area contributed by atoms with Gasteiger partial charge in [0.2, 0.25) is 0 Å². The number of aliphatic hydroxyl groups excluding tert-OH is 1. The standard InChI is InChI=1S/C28H38N2O9S/c1-3-21(4-2)39-29(40(35,36)22-12-10-20(31)11-13-22)17-26(32)24(16-19-8-6-5-7-9-19)30(28(33)34)25-18-38-27-23(25)14-15-37-27/h5-13,21,23-27,31-32H,3-4,14-18H2,1-2H3,(H,33,34)/t23-,24-,25-,26+,27+/m0/s1. The number of aromatic hydroxyl groups is 1. The van der Waals surface area contributed by atoms with E-state index in [9.17, 15) is 28.5 Å². The number of aliphatic hydroxyl groups is 1. The summed E-state index contributed by atoms with van der Waals surface area (Å²) >= 11 is 0. The molecule has 220 valence electrons. The lowest BCUT2D eigenvalue weighted by atomic mass is 9.93. The molecule has 0 saturated carbocycles. The van der Waals surface area contributed by atoms with Crippen molar-refractivity contribution in [2.24, 2.45) is 5.92 Å². The number of amides is 1. The third kappa shape index (κ3) is 6.76. The molecule has 1 amide bonds. The highest BCUT2D eigenvalue weighted by Crippen LogP contribution is 2.36. The van der Waals surface area contributed by atoms with Crippen molar-refractivity contribution in [1.29, 1.82) is 0 Å². The first-order valence-electron chi connectivity index (χ1n) is 13.6. The van der Waals surface area contributed by atoms with Crippen LogP contribution in [0.1, 0.15) is 38.7 Å². The molecule has 12 heteroatoms. The molecule has 3 N–H and O–H groups in total. The molecule has 0 bridgehead atoms. The number of nitrogens with zero attached hydrogens (tertiary/aromatic N) is 2. The highest BCUT2D eigenvalue weighted by molar-refractivity contribution is 7.89. The van der Waals surface area contributed by atoms with Crippen LogP contribution in [0, 0.1) is 5.92 Å². The van der Waals surface area contributed by atoms with E-state index in [0.29, 0.717) is 25.9 Å². The summed E-state index contributed by atoms with van der Waals surface area (Å²) in [5.41, 5.74) is 0.782. The molecule has 5 atom stereocenters. The zero-order valence-electron chi connectivity index (χ0n) is 22.7. The first kappa shape index (κ1) is 30.2. The fourth-order valence-electron chi connectivity index (χ4n) is 5.35. The van der Waals surface area contributed by atoms with Gasteiger partial charge in [0.15, 0.2) is 6.29 Å². The Morgan fingerprint density at radius 2 is 1.75 bits per heavy atom. The van der Waals surface area contributed by atoms with Gasteiger partial charge in [-0.15, -0.1) is 0 Å². The number of ether oxygens (including phenoxy) is 2. The Labute approximate surface area is 234 Å². The summed E-state index contributed by atoms with van der Waals surface area (Å²) in [4.78, 5) is 19.7. The molecular weight excluding hydrogens is 540 g/mol. The smallest absolute Gasteiger partial charge is 0.407 e. The Kier molecular flexibility index (Phi) is 10.0. The second-order valence-electron chi connectivity index (χ2n) is 10.1. The largest absolute Gasteiger partial charge is 0.508 e. The molecule has 0 unspecified atom stereocenters. The van der Waals surface area contributed by atoms with E-state index in [1.807, 2.05) is 44.2 Å². The highest BCUT2D eigenvalue weighted by atomic mass is 32.2. The Bertz CT molecular complexity index is 1210. The van der Waals surface area contributed by atoms with Crippen LogP contribution in [0.4, 0.5) is 4.79 Å². The summed E-state index contributed by atoms with van der Waals surface area (Å²) in [5, 5.41) is 31.7. The van der Waals surface area contributed by atoms with Crippen molar-refractivity contribution in [3.05, 3.63) is 60.2 Å². The van der Waals surface area contributed by atoms with Crippen molar-refractivity contribution in [3.63, 3.8) is 0 Å². The monoisotopic (exact) mass is 578 g/mol. The topological polar surface area (TPSA) is 146 Å². The molecule has 11 nitrogen and oxygen atoms in total. The van der Waals surface area contributed by atoms with Crippen molar-refractivity contribution in [2.45, 2.75) is 75.0 Å². The van der Waals surface area contributed by atoms with Crippen LogP contribution in [0.3, 0.4) is 0 Å². The molecule has 4 rings (SSSR count). The molecule has 0 radical (unpaired) electrons. The number of phenolic OH excluding ortho intramolecular Hbond substituents is 1. The first-order valence-corrected chi connectivity index (χ1v) is 15.0. The number of carbonyl (C=O) groups is 1. The second-order valence-corrected chi connectivity index (χ2v) is 12.0. The maximum absolute atomic E-state index is 13.7. The number of rotatable bonds is 13. The molecule has 0 aliphatic carbocycles. The van der Waals surface area contributed by atoms with E-state index < -0.39 is 53.2 Å². The molecule has 2 heterocycles. The van der Waals surface area contributed by atoms with E-state index in [1.165, 1.54) is 29.2 Å². The summed E-state index contributed by atoms with van der Waals surface area (Å²) in [5.74, 6) is -0.293. The Morgan fingerprint density at radius 1 is 1.07 bits per heavy atom. The van der Waals surface area contributed by atoms with Gasteiger partial charge in [0, 0.05) is 5.92 Å². The minimum Gasteiger partial charge on any atom is -0.508 e. The fourth-order valence-corrected chi connectivity index (χ4v) is 6.65. The molecule has 2 aromatic rings. The SMILES string of the molecule is CCC(CC)ON(C[C@@H](O)[C@H](Cc1ccccc1)N(C(=O)O)[C@H]1CO[C@H]2OCC[C@H]21)S(=O)(=O)c1ccc(O)cc1. The molecule has 0 spiro atoms.